The summed E-state index contributed by atoms with van der Waals surface area (Å²) in [4.78, 5) is 28.5. The molecule has 0 aromatic heterocycles. The number of benzene rings is 1. The number of aliphatic hydroxyl groups is 1. The Balaban J connectivity index is 1.95. The highest BCUT2D eigenvalue weighted by Crippen LogP contribution is 2.13. The summed E-state index contributed by atoms with van der Waals surface area (Å²) in [6.07, 6.45) is 0.315. The van der Waals surface area contributed by atoms with Crippen LogP contribution >= 0.6 is 0 Å². The van der Waals surface area contributed by atoms with Gasteiger partial charge in [0.15, 0.2) is 0 Å². The van der Waals surface area contributed by atoms with Crippen molar-refractivity contribution in [2.45, 2.75) is 39.7 Å². The second kappa shape index (κ2) is 8.29. The van der Waals surface area contributed by atoms with E-state index in [-0.39, 0.29) is 24.2 Å². The number of amides is 2. The van der Waals surface area contributed by atoms with Crippen LogP contribution in [-0.2, 0) is 4.79 Å². The van der Waals surface area contributed by atoms with Crippen molar-refractivity contribution in [3.05, 3.63) is 35.4 Å². The van der Waals surface area contributed by atoms with Gasteiger partial charge in [0, 0.05) is 31.7 Å². The van der Waals surface area contributed by atoms with E-state index in [1.54, 1.807) is 4.90 Å². The van der Waals surface area contributed by atoms with Crippen molar-refractivity contribution < 1.29 is 14.7 Å². The van der Waals surface area contributed by atoms with Crippen LogP contribution in [-0.4, -0.2) is 59.0 Å². The van der Waals surface area contributed by atoms with E-state index in [1.165, 1.54) is 0 Å². The highest BCUT2D eigenvalue weighted by molar-refractivity contribution is 5.94. The van der Waals surface area contributed by atoms with Crippen molar-refractivity contribution in [3.63, 3.8) is 0 Å². The standard InChI is InChI=1S/C19H28N2O3/c1-14(2)17(22)13-18(23)20-8-5-9-21(11-10-20)19(24)16-7-4-6-15(3)12-16/h4,6-7,12,14,17,22H,5,8-11,13H2,1-3H3. The minimum atomic E-state index is -0.606. The van der Waals surface area contributed by atoms with E-state index in [4.69, 9.17) is 0 Å². The lowest BCUT2D eigenvalue weighted by Gasteiger charge is -2.24. The van der Waals surface area contributed by atoms with Crippen molar-refractivity contribution in [1.29, 1.82) is 0 Å². The Kier molecular flexibility index (Phi) is 6.37. The molecule has 2 amide bonds. The highest BCUT2D eigenvalue weighted by atomic mass is 16.3. The van der Waals surface area contributed by atoms with E-state index in [9.17, 15) is 14.7 Å². The molecule has 132 valence electrons. The predicted molar refractivity (Wildman–Crippen MR) is 93.7 cm³/mol. The SMILES string of the molecule is Cc1cccc(C(=O)N2CCCN(C(=O)CC(O)C(C)C)CC2)c1. The summed E-state index contributed by atoms with van der Waals surface area (Å²) in [5, 5.41) is 9.90. The molecule has 1 aliphatic rings. The third-order valence-corrected chi connectivity index (χ3v) is 4.55. The van der Waals surface area contributed by atoms with Crippen molar-refractivity contribution in [2.24, 2.45) is 5.92 Å². The predicted octanol–water partition coefficient (Wildman–Crippen LogP) is 2.08. The Morgan fingerprint density at radius 1 is 1.12 bits per heavy atom. The summed E-state index contributed by atoms with van der Waals surface area (Å²) in [6.45, 7) is 8.15. The first-order valence-electron chi connectivity index (χ1n) is 8.70. The van der Waals surface area contributed by atoms with Crippen LogP contribution in [0.1, 0.15) is 42.6 Å². The average Bonchev–Trinajstić information content (AvgIpc) is 2.80. The maximum absolute atomic E-state index is 12.6. The minimum Gasteiger partial charge on any atom is -0.392 e. The summed E-state index contributed by atoms with van der Waals surface area (Å²) in [5.74, 6) is 0.0663. The van der Waals surface area contributed by atoms with Crippen molar-refractivity contribution >= 4 is 11.8 Å². The Bertz CT molecular complexity index is 586. The van der Waals surface area contributed by atoms with Crippen molar-refractivity contribution in [2.75, 3.05) is 26.2 Å². The van der Waals surface area contributed by atoms with E-state index in [2.05, 4.69) is 0 Å². The topological polar surface area (TPSA) is 60.9 Å². The van der Waals surface area contributed by atoms with Crippen LogP contribution in [0.25, 0.3) is 0 Å². The highest BCUT2D eigenvalue weighted by Gasteiger charge is 2.24. The first kappa shape index (κ1) is 18.5. The maximum Gasteiger partial charge on any atom is 0.253 e. The molecule has 1 N–H and O–H groups in total. The molecule has 1 aliphatic heterocycles. The van der Waals surface area contributed by atoms with E-state index < -0.39 is 6.10 Å². The summed E-state index contributed by atoms with van der Waals surface area (Å²) in [6, 6.07) is 7.60. The molecule has 1 unspecified atom stereocenters. The normalized spacial score (nSPS) is 16.9. The molecule has 0 aliphatic carbocycles. The molecule has 0 saturated carbocycles. The van der Waals surface area contributed by atoms with Crippen LogP contribution in [0.4, 0.5) is 0 Å². The number of aryl methyl sites for hydroxylation is 1. The molecule has 1 aromatic rings. The maximum atomic E-state index is 12.6. The summed E-state index contributed by atoms with van der Waals surface area (Å²) < 4.78 is 0. The van der Waals surface area contributed by atoms with E-state index in [0.29, 0.717) is 31.7 Å². The molecule has 5 nitrogen and oxygen atoms in total. The van der Waals surface area contributed by atoms with E-state index >= 15 is 0 Å². The summed E-state index contributed by atoms with van der Waals surface area (Å²) >= 11 is 0. The van der Waals surface area contributed by atoms with Gasteiger partial charge in [0.1, 0.15) is 0 Å². The van der Waals surface area contributed by atoms with Gasteiger partial charge >= 0.3 is 0 Å². The fraction of sp³-hybridized carbons (Fsp3) is 0.579. The Labute approximate surface area is 144 Å². The number of carbonyl (C=O) groups excluding carboxylic acids is 2. The van der Waals surface area contributed by atoms with Gasteiger partial charge in [0.2, 0.25) is 5.91 Å². The Morgan fingerprint density at radius 2 is 1.79 bits per heavy atom. The van der Waals surface area contributed by atoms with E-state index in [0.717, 1.165) is 12.0 Å². The molecule has 1 heterocycles. The van der Waals surface area contributed by atoms with Gasteiger partial charge in [-0.15, -0.1) is 0 Å². The van der Waals surface area contributed by atoms with Gasteiger partial charge in [0.25, 0.3) is 5.91 Å². The smallest absolute Gasteiger partial charge is 0.253 e. The summed E-state index contributed by atoms with van der Waals surface area (Å²) in [5.41, 5.74) is 1.76. The molecule has 0 radical (unpaired) electrons. The minimum absolute atomic E-state index is 0.0233. The van der Waals surface area contributed by atoms with Crippen LogP contribution < -0.4 is 0 Å². The number of hydrogen-bond donors (Lipinski definition) is 1. The molecular formula is C19H28N2O3. The molecule has 1 atom stereocenters. The molecule has 0 spiro atoms. The third-order valence-electron chi connectivity index (χ3n) is 4.55. The summed E-state index contributed by atoms with van der Waals surface area (Å²) in [7, 11) is 0. The number of nitrogens with zero attached hydrogens (tertiary/aromatic N) is 2. The van der Waals surface area contributed by atoms with Crippen molar-refractivity contribution in [1.82, 2.24) is 9.80 Å². The van der Waals surface area contributed by atoms with Crippen LogP contribution in [0.5, 0.6) is 0 Å². The first-order valence-corrected chi connectivity index (χ1v) is 8.70. The fourth-order valence-electron chi connectivity index (χ4n) is 2.87. The van der Waals surface area contributed by atoms with Crippen LogP contribution in [0, 0.1) is 12.8 Å². The lowest BCUT2D eigenvalue weighted by Crippen LogP contribution is -2.38. The van der Waals surface area contributed by atoms with Gasteiger partial charge in [-0.3, -0.25) is 9.59 Å². The molecule has 0 bridgehead atoms. The number of aliphatic hydroxyl groups excluding tert-OH is 1. The zero-order chi connectivity index (χ0) is 17.7. The number of rotatable bonds is 4. The first-order chi connectivity index (χ1) is 11.4. The van der Waals surface area contributed by atoms with Gasteiger partial charge in [0.05, 0.1) is 12.5 Å². The van der Waals surface area contributed by atoms with Gasteiger partial charge in [-0.05, 0) is 31.4 Å². The van der Waals surface area contributed by atoms with Gasteiger partial charge in [-0.2, -0.15) is 0 Å². The average molecular weight is 332 g/mol. The number of hydrogen-bond acceptors (Lipinski definition) is 3. The van der Waals surface area contributed by atoms with Gasteiger partial charge in [-0.25, -0.2) is 0 Å². The van der Waals surface area contributed by atoms with Crippen LogP contribution in [0.2, 0.25) is 0 Å². The molecule has 1 aromatic carbocycles. The third kappa shape index (κ3) is 4.81. The molecule has 1 saturated heterocycles. The molecule has 5 heteroatoms. The lowest BCUT2D eigenvalue weighted by molar-refractivity contribution is -0.133. The quantitative estimate of drug-likeness (QED) is 0.918. The monoisotopic (exact) mass is 332 g/mol. The molecule has 24 heavy (non-hydrogen) atoms. The van der Waals surface area contributed by atoms with Crippen molar-refractivity contribution in [3.8, 4) is 0 Å². The molecule has 1 fully saturated rings. The fourth-order valence-corrected chi connectivity index (χ4v) is 2.87. The lowest BCUT2D eigenvalue weighted by atomic mass is 10.0. The van der Waals surface area contributed by atoms with Crippen LogP contribution in [0.3, 0.4) is 0 Å². The van der Waals surface area contributed by atoms with E-state index in [1.807, 2.05) is 49.9 Å². The zero-order valence-corrected chi connectivity index (χ0v) is 14.9. The molecule has 2 rings (SSSR count). The number of carbonyl (C=O) groups is 2. The largest absolute Gasteiger partial charge is 0.392 e. The van der Waals surface area contributed by atoms with Gasteiger partial charge in [-0.1, -0.05) is 31.5 Å². The Hall–Kier alpha value is -1.88. The zero-order valence-electron chi connectivity index (χ0n) is 14.9. The molecular weight excluding hydrogens is 304 g/mol. The van der Waals surface area contributed by atoms with Gasteiger partial charge < -0.3 is 14.9 Å². The van der Waals surface area contributed by atoms with Crippen LogP contribution in [0.15, 0.2) is 24.3 Å². The second-order valence-corrected chi connectivity index (χ2v) is 6.91. The Morgan fingerprint density at radius 3 is 2.46 bits per heavy atom. The second-order valence-electron chi connectivity index (χ2n) is 6.91.